The fraction of sp³-hybridized carbons (Fsp3) is 0.533. The van der Waals surface area contributed by atoms with Crippen LogP contribution in [0.15, 0.2) is 24.3 Å². The highest BCUT2D eigenvalue weighted by Gasteiger charge is 2.21. The highest BCUT2D eigenvalue weighted by molar-refractivity contribution is 5.77. The SMILES string of the molecule is CC(O)CC(C)(C)CNC(=O)COc1ccc(F)cc1. The number of ether oxygens (including phenoxy) is 1. The van der Waals surface area contributed by atoms with Crippen LogP contribution in [0.1, 0.15) is 27.2 Å². The first-order valence-corrected chi connectivity index (χ1v) is 6.62. The van der Waals surface area contributed by atoms with Gasteiger partial charge in [-0.25, -0.2) is 4.39 Å². The van der Waals surface area contributed by atoms with E-state index in [0.29, 0.717) is 18.7 Å². The number of hydrogen-bond acceptors (Lipinski definition) is 3. The molecule has 1 amide bonds. The van der Waals surface area contributed by atoms with Gasteiger partial charge in [-0.2, -0.15) is 0 Å². The van der Waals surface area contributed by atoms with Crippen molar-refractivity contribution in [2.75, 3.05) is 13.2 Å². The predicted molar refractivity (Wildman–Crippen MR) is 75.0 cm³/mol. The predicted octanol–water partition coefficient (Wildman–Crippen LogP) is 2.12. The Kier molecular flexibility index (Phi) is 5.95. The van der Waals surface area contributed by atoms with E-state index in [-0.39, 0.29) is 23.7 Å². The van der Waals surface area contributed by atoms with Gasteiger partial charge in [0.2, 0.25) is 0 Å². The molecule has 0 saturated heterocycles. The molecule has 20 heavy (non-hydrogen) atoms. The maximum Gasteiger partial charge on any atom is 0.257 e. The lowest BCUT2D eigenvalue weighted by Gasteiger charge is -2.26. The zero-order valence-electron chi connectivity index (χ0n) is 12.1. The second kappa shape index (κ2) is 7.24. The van der Waals surface area contributed by atoms with Crippen molar-refractivity contribution in [3.05, 3.63) is 30.1 Å². The molecule has 0 radical (unpaired) electrons. The summed E-state index contributed by atoms with van der Waals surface area (Å²) in [7, 11) is 0. The van der Waals surface area contributed by atoms with Crippen LogP contribution in [0.25, 0.3) is 0 Å². The highest BCUT2D eigenvalue weighted by Crippen LogP contribution is 2.21. The molecule has 4 nitrogen and oxygen atoms in total. The molecule has 0 fully saturated rings. The largest absolute Gasteiger partial charge is 0.484 e. The van der Waals surface area contributed by atoms with E-state index in [4.69, 9.17) is 4.74 Å². The first-order chi connectivity index (χ1) is 9.28. The molecule has 0 aliphatic heterocycles. The van der Waals surface area contributed by atoms with Gasteiger partial charge in [0.15, 0.2) is 6.61 Å². The minimum Gasteiger partial charge on any atom is -0.484 e. The van der Waals surface area contributed by atoms with E-state index >= 15 is 0 Å². The smallest absolute Gasteiger partial charge is 0.257 e. The van der Waals surface area contributed by atoms with E-state index in [2.05, 4.69) is 5.32 Å². The molecule has 1 aromatic carbocycles. The first kappa shape index (κ1) is 16.4. The number of benzene rings is 1. The summed E-state index contributed by atoms with van der Waals surface area (Å²) in [5.74, 6) is -0.139. The van der Waals surface area contributed by atoms with Crippen LogP contribution in [0.5, 0.6) is 5.75 Å². The van der Waals surface area contributed by atoms with Crippen molar-refractivity contribution < 1.29 is 19.0 Å². The molecule has 0 spiro atoms. The first-order valence-electron chi connectivity index (χ1n) is 6.62. The Morgan fingerprint density at radius 3 is 2.55 bits per heavy atom. The van der Waals surface area contributed by atoms with Crippen LogP contribution in [0.2, 0.25) is 0 Å². The minimum absolute atomic E-state index is 0.115. The average Bonchev–Trinajstić information content (AvgIpc) is 2.34. The molecule has 1 aromatic rings. The van der Waals surface area contributed by atoms with Gasteiger partial charge in [-0.05, 0) is 43.0 Å². The monoisotopic (exact) mass is 283 g/mol. The van der Waals surface area contributed by atoms with E-state index in [1.807, 2.05) is 13.8 Å². The van der Waals surface area contributed by atoms with Crippen LogP contribution in [-0.4, -0.2) is 30.3 Å². The zero-order valence-corrected chi connectivity index (χ0v) is 12.1. The quantitative estimate of drug-likeness (QED) is 0.806. The van der Waals surface area contributed by atoms with Crippen LogP contribution in [0.4, 0.5) is 4.39 Å². The summed E-state index contributed by atoms with van der Waals surface area (Å²) >= 11 is 0. The van der Waals surface area contributed by atoms with E-state index in [1.165, 1.54) is 24.3 Å². The van der Waals surface area contributed by atoms with Crippen LogP contribution in [0.3, 0.4) is 0 Å². The van der Waals surface area contributed by atoms with Gasteiger partial charge >= 0.3 is 0 Å². The van der Waals surface area contributed by atoms with Crippen LogP contribution in [-0.2, 0) is 4.79 Å². The Morgan fingerprint density at radius 1 is 1.40 bits per heavy atom. The molecule has 1 atom stereocenters. The number of aliphatic hydroxyl groups is 1. The van der Waals surface area contributed by atoms with E-state index in [1.54, 1.807) is 6.92 Å². The molecule has 1 rings (SSSR count). The van der Waals surface area contributed by atoms with Gasteiger partial charge in [0, 0.05) is 6.54 Å². The van der Waals surface area contributed by atoms with Gasteiger partial charge in [-0.15, -0.1) is 0 Å². The Balaban J connectivity index is 2.32. The third kappa shape index (κ3) is 6.52. The summed E-state index contributed by atoms with van der Waals surface area (Å²) < 4.78 is 17.9. The molecular formula is C15H22FNO3. The van der Waals surface area contributed by atoms with Gasteiger partial charge in [0.05, 0.1) is 6.10 Å². The van der Waals surface area contributed by atoms with Gasteiger partial charge in [-0.1, -0.05) is 13.8 Å². The number of amides is 1. The zero-order chi connectivity index (χ0) is 15.2. The fourth-order valence-corrected chi connectivity index (χ4v) is 1.94. The molecule has 0 aliphatic carbocycles. The number of halogens is 1. The molecule has 0 aliphatic rings. The van der Waals surface area contributed by atoms with Crippen molar-refractivity contribution in [2.24, 2.45) is 5.41 Å². The summed E-state index contributed by atoms with van der Waals surface area (Å²) in [6.45, 7) is 6.02. The van der Waals surface area contributed by atoms with Crippen molar-refractivity contribution >= 4 is 5.91 Å². The Hall–Kier alpha value is -1.62. The van der Waals surface area contributed by atoms with Crippen molar-refractivity contribution in [1.82, 2.24) is 5.32 Å². The van der Waals surface area contributed by atoms with Gasteiger partial charge in [-0.3, -0.25) is 4.79 Å². The van der Waals surface area contributed by atoms with Crippen molar-refractivity contribution in [2.45, 2.75) is 33.3 Å². The number of nitrogens with one attached hydrogen (secondary N) is 1. The van der Waals surface area contributed by atoms with Gasteiger partial charge in [0.25, 0.3) is 5.91 Å². The molecule has 0 aromatic heterocycles. The summed E-state index contributed by atoms with van der Waals surface area (Å²) in [6, 6.07) is 5.50. The summed E-state index contributed by atoms with van der Waals surface area (Å²) in [5, 5.41) is 12.1. The number of hydrogen-bond donors (Lipinski definition) is 2. The Bertz CT molecular complexity index is 429. The Labute approximate surface area is 119 Å². The van der Waals surface area contributed by atoms with Crippen LogP contribution < -0.4 is 10.1 Å². The lowest BCUT2D eigenvalue weighted by molar-refractivity contribution is -0.123. The summed E-state index contributed by atoms with van der Waals surface area (Å²) in [5.41, 5.74) is -0.181. The molecule has 0 bridgehead atoms. The molecular weight excluding hydrogens is 261 g/mol. The van der Waals surface area contributed by atoms with Gasteiger partial charge < -0.3 is 15.2 Å². The van der Waals surface area contributed by atoms with Crippen LogP contribution in [0, 0.1) is 11.2 Å². The van der Waals surface area contributed by atoms with E-state index < -0.39 is 6.10 Å². The van der Waals surface area contributed by atoms with Crippen molar-refractivity contribution in [1.29, 1.82) is 0 Å². The molecule has 1 unspecified atom stereocenters. The third-order valence-electron chi connectivity index (χ3n) is 2.80. The summed E-state index contributed by atoms with van der Waals surface area (Å²) in [4.78, 5) is 11.6. The maximum atomic E-state index is 12.7. The topological polar surface area (TPSA) is 58.6 Å². The normalized spacial score (nSPS) is 12.8. The second-order valence-corrected chi connectivity index (χ2v) is 5.74. The van der Waals surface area contributed by atoms with E-state index in [0.717, 1.165) is 0 Å². The molecule has 5 heteroatoms. The average molecular weight is 283 g/mol. The summed E-state index contributed by atoms with van der Waals surface area (Å²) in [6.07, 6.45) is 0.198. The highest BCUT2D eigenvalue weighted by atomic mass is 19.1. The minimum atomic E-state index is -0.405. The van der Waals surface area contributed by atoms with Crippen molar-refractivity contribution in [3.63, 3.8) is 0 Å². The van der Waals surface area contributed by atoms with Gasteiger partial charge in [0.1, 0.15) is 11.6 Å². The fourth-order valence-electron chi connectivity index (χ4n) is 1.94. The Morgan fingerprint density at radius 2 is 2.00 bits per heavy atom. The second-order valence-electron chi connectivity index (χ2n) is 5.74. The number of carbonyl (C=O) groups excluding carboxylic acids is 1. The number of rotatable bonds is 7. The third-order valence-corrected chi connectivity index (χ3v) is 2.80. The molecule has 2 N–H and O–H groups in total. The van der Waals surface area contributed by atoms with Crippen LogP contribution >= 0.6 is 0 Å². The van der Waals surface area contributed by atoms with Crippen molar-refractivity contribution in [3.8, 4) is 5.75 Å². The number of carbonyl (C=O) groups is 1. The lowest BCUT2D eigenvalue weighted by Crippen LogP contribution is -2.38. The molecule has 0 heterocycles. The van der Waals surface area contributed by atoms with E-state index in [9.17, 15) is 14.3 Å². The lowest BCUT2D eigenvalue weighted by atomic mass is 9.87. The molecule has 112 valence electrons. The number of aliphatic hydroxyl groups excluding tert-OH is 1. The molecule has 0 saturated carbocycles. The standard InChI is InChI=1S/C15H22FNO3/c1-11(18)8-15(2,3)10-17-14(19)9-20-13-6-4-12(16)5-7-13/h4-7,11,18H,8-10H2,1-3H3,(H,17,19). The maximum absolute atomic E-state index is 12.7.